The van der Waals surface area contributed by atoms with E-state index < -0.39 is 0 Å². The SMILES string of the molecule is Cn1ccnc1Cn1ccnc1-c1cncc(Br)c1. The number of pyridine rings is 1. The van der Waals surface area contributed by atoms with Gasteiger partial charge in [0, 0.05) is 54.3 Å². The van der Waals surface area contributed by atoms with Gasteiger partial charge in [0.15, 0.2) is 0 Å². The van der Waals surface area contributed by atoms with E-state index >= 15 is 0 Å². The molecule has 0 saturated carbocycles. The topological polar surface area (TPSA) is 48.5 Å². The van der Waals surface area contributed by atoms with Crippen molar-refractivity contribution < 1.29 is 0 Å². The summed E-state index contributed by atoms with van der Waals surface area (Å²) >= 11 is 3.43. The average Bonchev–Trinajstić information content (AvgIpc) is 3.00. The molecule has 0 atom stereocenters. The van der Waals surface area contributed by atoms with Crippen LogP contribution in [0.1, 0.15) is 5.82 Å². The molecule has 0 saturated heterocycles. The van der Waals surface area contributed by atoms with E-state index in [1.165, 1.54) is 0 Å². The Bertz CT molecular complexity index is 700. The fourth-order valence-electron chi connectivity index (χ4n) is 1.93. The van der Waals surface area contributed by atoms with Gasteiger partial charge in [-0.05, 0) is 22.0 Å². The molecule has 0 unspecified atom stereocenters. The number of aryl methyl sites for hydroxylation is 1. The maximum Gasteiger partial charge on any atom is 0.141 e. The van der Waals surface area contributed by atoms with Crippen LogP contribution in [0.5, 0.6) is 0 Å². The van der Waals surface area contributed by atoms with Crippen molar-refractivity contribution >= 4 is 15.9 Å². The summed E-state index contributed by atoms with van der Waals surface area (Å²) in [5.74, 6) is 1.87. The molecule has 6 heteroatoms. The number of aromatic nitrogens is 5. The van der Waals surface area contributed by atoms with Gasteiger partial charge in [-0.3, -0.25) is 4.98 Å². The zero-order chi connectivity index (χ0) is 13.2. The molecule has 96 valence electrons. The summed E-state index contributed by atoms with van der Waals surface area (Å²) in [6, 6.07) is 2.00. The maximum atomic E-state index is 4.40. The highest BCUT2D eigenvalue weighted by atomic mass is 79.9. The molecule has 0 bridgehead atoms. The summed E-state index contributed by atoms with van der Waals surface area (Å²) in [7, 11) is 1.99. The first kappa shape index (κ1) is 12.1. The van der Waals surface area contributed by atoms with E-state index in [4.69, 9.17) is 0 Å². The van der Waals surface area contributed by atoms with Crippen molar-refractivity contribution in [3.63, 3.8) is 0 Å². The molecule has 3 aromatic rings. The molecule has 3 heterocycles. The quantitative estimate of drug-likeness (QED) is 0.745. The summed E-state index contributed by atoms with van der Waals surface area (Å²) < 4.78 is 5.01. The Kier molecular flexibility index (Phi) is 3.16. The predicted octanol–water partition coefficient (Wildman–Crippen LogP) is 2.49. The lowest BCUT2D eigenvalue weighted by Gasteiger charge is -2.08. The third-order valence-electron chi connectivity index (χ3n) is 2.91. The lowest BCUT2D eigenvalue weighted by molar-refractivity contribution is 0.704. The summed E-state index contributed by atoms with van der Waals surface area (Å²) in [5.41, 5.74) is 0.980. The number of nitrogens with zero attached hydrogens (tertiary/aromatic N) is 5. The zero-order valence-electron chi connectivity index (χ0n) is 10.4. The van der Waals surface area contributed by atoms with Crippen LogP contribution < -0.4 is 0 Å². The molecule has 3 aromatic heterocycles. The molecule has 0 aliphatic heterocycles. The molecular formula is C13H12BrN5. The number of halogens is 1. The van der Waals surface area contributed by atoms with Gasteiger partial charge in [-0.1, -0.05) is 0 Å². The lowest BCUT2D eigenvalue weighted by Crippen LogP contribution is -2.06. The van der Waals surface area contributed by atoms with Gasteiger partial charge in [-0.15, -0.1) is 0 Å². The second-order valence-electron chi connectivity index (χ2n) is 4.22. The molecule has 0 aromatic carbocycles. The van der Waals surface area contributed by atoms with Gasteiger partial charge in [-0.2, -0.15) is 0 Å². The minimum absolute atomic E-state index is 0.686. The molecule has 0 spiro atoms. The van der Waals surface area contributed by atoms with Crippen molar-refractivity contribution in [1.82, 2.24) is 24.1 Å². The first-order chi connectivity index (χ1) is 9.24. The van der Waals surface area contributed by atoms with Crippen LogP contribution in [0.4, 0.5) is 0 Å². The van der Waals surface area contributed by atoms with Crippen molar-refractivity contribution in [3.05, 3.63) is 53.5 Å². The summed E-state index contributed by atoms with van der Waals surface area (Å²) in [6.07, 6.45) is 11.0. The van der Waals surface area contributed by atoms with E-state index in [0.717, 1.165) is 21.7 Å². The molecular weight excluding hydrogens is 306 g/mol. The second-order valence-corrected chi connectivity index (χ2v) is 5.14. The molecule has 0 aliphatic carbocycles. The predicted molar refractivity (Wildman–Crippen MR) is 75.5 cm³/mol. The van der Waals surface area contributed by atoms with Crippen LogP contribution in [0.2, 0.25) is 0 Å². The Morgan fingerprint density at radius 2 is 2.00 bits per heavy atom. The Morgan fingerprint density at radius 1 is 1.16 bits per heavy atom. The Morgan fingerprint density at radius 3 is 2.74 bits per heavy atom. The third kappa shape index (κ3) is 2.44. The standard InChI is InChI=1S/C13H12BrN5/c1-18-4-2-16-12(18)9-19-5-3-17-13(19)10-6-11(14)8-15-7-10/h2-8H,9H2,1H3. The van der Waals surface area contributed by atoms with Crippen LogP contribution in [0.25, 0.3) is 11.4 Å². The largest absolute Gasteiger partial charge is 0.337 e. The average molecular weight is 318 g/mol. The Labute approximate surface area is 119 Å². The van der Waals surface area contributed by atoms with Crippen LogP contribution in [-0.2, 0) is 13.6 Å². The van der Waals surface area contributed by atoms with Gasteiger partial charge in [0.25, 0.3) is 0 Å². The first-order valence-corrected chi connectivity index (χ1v) is 6.61. The fourth-order valence-corrected chi connectivity index (χ4v) is 2.30. The van der Waals surface area contributed by atoms with Gasteiger partial charge < -0.3 is 9.13 Å². The minimum Gasteiger partial charge on any atom is -0.337 e. The molecule has 0 aliphatic rings. The van der Waals surface area contributed by atoms with Crippen molar-refractivity contribution in [3.8, 4) is 11.4 Å². The van der Waals surface area contributed by atoms with Crippen LogP contribution in [0.15, 0.2) is 47.7 Å². The van der Waals surface area contributed by atoms with Gasteiger partial charge in [0.05, 0.1) is 6.54 Å². The van der Waals surface area contributed by atoms with E-state index in [-0.39, 0.29) is 0 Å². The molecule has 3 rings (SSSR count). The maximum absolute atomic E-state index is 4.40. The Hall–Kier alpha value is -1.95. The highest BCUT2D eigenvalue weighted by molar-refractivity contribution is 9.10. The van der Waals surface area contributed by atoms with E-state index in [0.29, 0.717) is 6.54 Å². The molecule has 0 N–H and O–H groups in total. The van der Waals surface area contributed by atoms with Crippen molar-refractivity contribution in [2.45, 2.75) is 6.54 Å². The first-order valence-electron chi connectivity index (χ1n) is 5.82. The van der Waals surface area contributed by atoms with E-state index in [2.05, 4.69) is 35.4 Å². The monoisotopic (exact) mass is 317 g/mol. The highest BCUT2D eigenvalue weighted by Crippen LogP contribution is 2.20. The van der Waals surface area contributed by atoms with E-state index in [9.17, 15) is 0 Å². The van der Waals surface area contributed by atoms with Gasteiger partial charge in [0.2, 0.25) is 0 Å². The number of rotatable bonds is 3. The number of hydrogen-bond donors (Lipinski definition) is 0. The summed E-state index contributed by atoms with van der Waals surface area (Å²) in [4.78, 5) is 12.9. The van der Waals surface area contributed by atoms with Crippen molar-refractivity contribution in [1.29, 1.82) is 0 Å². The summed E-state index contributed by atoms with van der Waals surface area (Å²) in [5, 5.41) is 0. The van der Waals surface area contributed by atoms with Crippen LogP contribution >= 0.6 is 15.9 Å². The van der Waals surface area contributed by atoms with Crippen molar-refractivity contribution in [2.24, 2.45) is 7.05 Å². The number of hydrogen-bond acceptors (Lipinski definition) is 3. The number of imidazole rings is 2. The zero-order valence-corrected chi connectivity index (χ0v) is 11.9. The van der Waals surface area contributed by atoms with E-state index in [1.807, 2.05) is 36.3 Å². The molecule has 0 fully saturated rings. The third-order valence-corrected chi connectivity index (χ3v) is 3.34. The van der Waals surface area contributed by atoms with Gasteiger partial charge in [0.1, 0.15) is 11.6 Å². The van der Waals surface area contributed by atoms with Gasteiger partial charge >= 0.3 is 0 Å². The fraction of sp³-hybridized carbons (Fsp3) is 0.154. The van der Waals surface area contributed by atoms with E-state index in [1.54, 1.807) is 18.6 Å². The van der Waals surface area contributed by atoms with Crippen LogP contribution in [0.3, 0.4) is 0 Å². The van der Waals surface area contributed by atoms with Crippen LogP contribution in [0, 0.1) is 0 Å². The van der Waals surface area contributed by atoms with Crippen LogP contribution in [-0.4, -0.2) is 24.1 Å². The normalized spacial score (nSPS) is 10.8. The molecule has 0 radical (unpaired) electrons. The highest BCUT2D eigenvalue weighted by Gasteiger charge is 2.09. The second kappa shape index (κ2) is 4.97. The molecule has 5 nitrogen and oxygen atoms in total. The lowest BCUT2D eigenvalue weighted by atomic mass is 10.2. The molecule has 0 amide bonds. The smallest absolute Gasteiger partial charge is 0.141 e. The summed E-state index contributed by atoms with van der Waals surface area (Å²) in [6.45, 7) is 0.686. The van der Waals surface area contributed by atoms with Gasteiger partial charge in [-0.25, -0.2) is 9.97 Å². The Balaban J connectivity index is 1.97. The minimum atomic E-state index is 0.686. The van der Waals surface area contributed by atoms with Crippen molar-refractivity contribution in [2.75, 3.05) is 0 Å². The molecule has 19 heavy (non-hydrogen) atoms.